The zero-order valence-electron chi connectivity index (χ0n) is 15.1. The summed E-state index contributed by atoms with van der Waals surface area (Å²) in [6, 6.07) is 17.2. The third-order valence-electron chi connectivity index (χ3n) is 6.50. The van der Waals surface area contributed by atoms with E-state index in [1.165, 1.54) is 22.3 Å². The Kier molecular flexibility index (Phi) is 3.86. The van der Waals surface area contributed by atoms with Gasteiger partial charge in [-0.05, 0) is 54.4 Å². The summed E-state index contributed by atoms with van der Waals surface area (Å²) in [5.41, 5.74) is 5.17. The van der Waals surface area contributed by atoms with Gasteiger partial charge in [0.25, 0.3) is 0 Å². The first kappa shape index (κ1) is 16.1. The van der Waals surface area contributed by atoms with Crippen molar-refractivity contribution in [2.75, 3.05) is 19.7 Å². The standard InChI is InChI=1S/C23H25NO2/c25-22(20-10-9-17-5-1-2-7-19(17)15-20)24-13-14-26-23(16-24)12-11-18-6-3-4-8-21(18)23/h1-8,20H,9-16H2. The summed E-state index contributed by atoms with van der Waals surface area (Å²) in [4.78, 5) is 15.4. The van der Waals surface area contributed by atoms with Crippen molar-refractivity contribution >= 4 is 5.91 Å². The number of ether oxygens (including phenoxy) is 1. The van der Waals surface area contributed by atoms with Crippen LogP contribution >= 0.6 is 0 Å². The molecule has 0 bridgehead atoms. The fraction of sp³-hybridized carbons (Fsp3) is 0.435. The number of hydrogen-bond donors (Lipinski definition) is 0. The Morgan fingerprint density at radius 3 is 2.65 bits per heavy atom. The topological polar surface area (TPSA) is 29.5 Å². The quantitative estimate of drug-likeness (QED) is 0.790. The molecule has 1 saturated heterocycles. The first-order chi connectivity index (χ1) is 12.8. The molecule has 1 heterocycles. The lowest BCUT2D eigenvalue weighted by Gasteiger charge is -2.42. The van der Waals surface area contributed by atoms with Gasteiger partial charge in [0, 0.05) is 12.5 Å². The van der Waals surface area contributed by atoms with Crippen LogP contribution in [0.1, 0.15) is 35.1 Å². The van der Waals surface area contributed by atoms with E-state index in [-0.39, 0.29) is 11.5 Å². The number of benzene rings is 2. The molecule has 2 atom stereocenters. The molecule has 1 amide bonds. The number of amides is 1. The average molecular weight is 347 g/mol. The molecule has 1 fully saturated rings. The molecule has 26 heavy (non-hydrogen) atoms. The summed E-state index contributed by atoms with van der Waals surface area (Å²) >= 11 is 0. The molecule has 134 valence electrons. The van der Waals surface area contributed by atoms with Gasteiger partial charge in [-0.3, -0.25) is 4.79 Å². The van der Waals surface area contributed by atoms with Gasteiger partial charge in [0.2, 0.25) is 5.91 Å². The highest BCUT2D eigenvalue weighted by Gasteiger charge is 2.45. The molecule has 0 radical (unpaired) electrons. The van der Waals surface area contributed by atoms with Crippen molar-refractivity contribution in [3.63, 3.8) is 0 Å². The number of fused-ring (bicyclic) bond motifs is 3. The van der Waals surface area contributed by atoms with Gasteiger partial charge in [-0.25, -0.2) is 0 Å². The van der Waals surface area contributed by atoms with Gasteiger partial charge in [-0.2, -0.15) is 0 Å². The Bertz CT molecular complexity index is 842. The summed E-state index contributed by atoms with van der Waals surface area (Å²) in [6.45, 7) is 2.07. The summed E-state index contributed by atoms with van der Waals surface area (Å²) in [5.74, 6) is 0.447. The van der Waals surface area contributed by atoms with E-state index in [1.54, 1.807) is 0 Å². The number of carbonyl (C=O) groups excluding carboxylic acids is 1. The first-order valence-electron chi connectivity index (χ1n) is 9.83. The molecule has 2 aromatic rings. The van der Waals surface area contributed by atoms with Crippen molar-refractivity contribution in [3.8, 4) is 0 Å². The van der Waals surface area contributed by atoms with Gasteiger partial charge >= 0.3 is 0 Å². The second kappa shape index (κ2) is 6.24. The lowest BCUT2D eigenvalue weighted by molar-refractivity contribution is -0.156. The third-order valence-corrected chi connectivity index (χ3v) is 6.50. The van der Waals surface area contributed by atoms with Gasteiger partial charge < -0.3 is 9.64 Å². The number of morpholine rings is 1. The second-order valence-electron chi connectivity index (χ2n) is 7.97. The lowest BCUT2D eigenvalue weighted by atomic mass is 9.82. The van der Waals surface area contributed by atoms with E-state index < -0.39 is 0 Å². The van der Waals surface area contributed by atoms with Crippen LogP contribution in [0.3, 0.4) is 0 Å². The Labute approximate surface area is 155 Å². The first-order valence-corrected chi connectivity index (χ1v) is 9.83. The molecule has 1 aliphatic heterocycles. The van der Waals surface area contributed by atoms with Crippen LogP contribution in [0.25, 0.3) is 0 Å². The van der Waals surface area contributed by atoms with Gasteiger partial charge in [-0.15, -0.1) is 0 Å². The van der Waals surface area contributed by atoms with Gasteiger partial charge in [0.1, 0.15) is 5.60 Å². The monoisotopic (exact) mass is 347 g/mol. The van der Waals surface area contributed by atoms with Crippen LogP contribution in [0.15, 0.2) is 48.5 Å². The molecule has 5 rings (SSSR count). The predicted molar refractivity (Wildman–Crippen MR) is 101 cm³/mol. The summed E-state index contributed by atoms with van der Waals surface area (Å²) < 4.78 is 6.28. The fourth-order valence-corrected chi connectivity index (χ4v) is 5.11. The van der Waals surface area contributed by atoms with Crippen molar-refractivity contribution in [3.05, 3.63) is 70.8 Å². The summed E-state index contributed by atoms with van der Waals surface area (Å²) in [6.07, 6.45) is 4.91. The summed E-state index contributed by atoms with van der Waals surface area (Å²) in [7, 11) is 0. The van der Waals surface area contributed by atoms with Crippen LogP contribution in [0, 0.1) is 5.92 Å². The molecule has 3 nitrogen and oxygen atoms in total. The Hall–Kier alpha value is -2.13. The van der Waals surface area contributed by atoms with E-state index in [0.29, 0.717) is 19.1 Å². The average Bonchev–Trinajstić information content (AvgIpc) is 3.05. The van der Waals surface area contributed by atoms with E-state index >= 15 is 0 Å². The summed E-state index contributed by atoms with van der Waals surface area (Å²) in [5, 5.41) is 0. The van der Waals surface area contributed by atoms with Gasteiger partial charge in [-0.1, -0.05) is 48.5 Å². The molecule has 0 aromatic heterocycles. The van der Waals surface area contributed by atoms with E-state index in [0.717, 1.165) is 38.6 Å². The van der Waals surface area contributed by atoms with Gasteiger partial charge in [0.15, 0.2) is 0 Å². The SMILES string of the molecule is O=C(C1CCc2ccccc2C1)N1CCOC2(CCc3ccccc32)C1. The lowest BCUT2D eigenvalue weighted by Crippen LogP contribution is -2.53. The number of nitrogens with zero attached hydrogens (tertiary/aromatic N) is 1. The molecule has 2 unspecified atom stereocenters. The largest absolute Gasteiger partial charge is 0.367 e. The van der Waals surface area contributed by atoms with Crippen LogP contribution in [0.2, 0.25) is 0 Å². The number of aryl methyl sites for hydroxylation is 2. The van der Waals surface area contributed by atoms with Crippen LogP contribution in [0.4, 0.5) is 0 Å². The van der Waals surface area contributed by atoms with Crippen molar-refractivity contribution in [2.24, 2.45) is 5.92 Å². The Morgan fingerprint density at radius 2 is 1.77 bits per heavy atom. The predicted octanol–water partition coefficient (Wildman–Crippen LogP) is 3.49. The molecule has 3 heteroatoms. The van der Waals surface area contributed by atoms with Crippen molar-refractivity contribution in [1.82, 2.24) is 4.90 Å². The zero-order valence-corrected chi connectivity index (χ0v) is 15.1. The highest BCUT2D eigenvalue weighted by molar-refractivity contribution is 5.80. The molecular weight excluding hydrogens is 322 g/mol. The Morgan fingerprint density at radius 1 is 1.00 bits per heavy atom. The van der Waals surface area contributed by atoms with E-state index in [4.69, 9.17) is 4.74 Å². The maximum Gasteiger partial charge on any atom is 0.226 e. The minimum atomic E-state index is -0.281. The smallest absolute Gasteiger partial charge is 0.226 e. The highest BCUT2D eigenvalue weighted by Crippen LogP contribution is 2.42. The van der Waals surface area contributed by atoms with Gasteiger partial charge in [0.05, 0.1) is 13.2 Å². The van der Waals surface area contributed by atoms with E-state index in [9.17, 15) is 4.79 Å². The Balaban J connectivity index is 1.36. The zero-order chi connectivity index (χ0) is 17.6. The molecule has 2 aromatic carbocycles. The van der Waals surface area contributed by atoms with Crippen LogP contribution in [-0.2, 0) is 34.4 Å². The van der Waals surface area contributed by atoms with Crippen molar-refractivity contribution < 1.29 is 9.53 Å². The van der Waals surface area contributed by atoms with E-state index in [1.807, 2.05) is 0 Å². The molecule has 0 N–H and O–H groups in total. The number of carbonyl (C=O) groups is 1. The van der Waals surface area contributed by atoms with Crippen LogP contribution in [0.5, 0.6) is 0 Å². The molecule has 0 saturated carbocycles. The number of rotatable bonds is 1. The van der Waals surface area contributed by atoms with Crippen LogP contribution < -0.4 is 0 Å². The van der Waals surface area contributed by atoms with Crippen molar-refractivity contribution in [1.29, 1.82) is 0 Å². The maximum absolute atomic E-state index is 13.3. The molecule has 2 aliphatic carbocycles. The van der Waals surface area contributed by atoms with Crippen LogP contribution in [-0.4, -0.2) is 30.5 Å². The second-order valence-corrected chi connectivity index (χ2v) is 7.97. The van der Waals surface area contributed by atoms with Crippen molar-refractivity contribution in [2.45, 2.75) is 37.7 Å². The maximum atomic E-state index is 13.3. The fourth-order valence-electron chi connectivity index (χ4n) is 5.11. The number of hydrogen-bond acceptors (Lipinski definition) is 2. The molecule has 1 spiro atoms. The minimum Gasteiger partial charge on any atom is -0.367 e. The molecular formula is C23H25NO2. The third kappa shape index (κ3) is 2.57. The minimum absolute atomic E-state index is 0.122. The highest BCUT2D eigenvalue weighted by atomic mass is 16.5. The van der Waals surface area contributed by atoms with E-state index in [2.05, 4.69) is 53.4 Å². The molecule has 3 aliphatic rings. The normalized spacial score (nSPS) is 27.2.